The van der Waals surface area contributed by atoms with Crippen molar-refractivity contribution in [2.75, 3.05) is 26.7 Å². The molecule has 2 rings (SSSR count). The summed E-state index contributed by atoms with van der Waals surface area (Å²) in [5.41, 5.74) is 1.19. The first-order valence-electron chi connectivity index (χ1n) is 7.90. The first-order valence-corrected chi connectivity index (χ1v) is 7.90. The van der Waals surface area contributed by atoms with Gasteiger partial charge in [-0.05, 0) is 50.9 Å². The zero-order valence-electron chi connectivity index (χ0n) is 13.1. The Morgan fingerprint density at radius 1 is 1.38 bits per heavy atom. The molecule has 0 spiro atoms. The van der Waals surface area contributed by atoms with E-state index in [9.17, 15) is 4.79 Å². The number of ether oxygens (including phenoxy) is 1. The van der Waals surface area contributed by atoms with Gasteiger partial charge in [-0.3, -0.25) is 4.79 Å². The van der Waals surface area contributed by atoms with Gasteiger partial charge in [0.05, 0.1) is 6.61 Å². The number of hydrogen-bond acceptors (Lipinski definition) is 3. The molecule has 1 aliphatic heterocycles. The number of likely N-dealkylation sites (N-methyl/N-ethyl adjacent to an activating group) is 1. The van der Waals surface area contributed by atoms with Crippen LogP contribution in [0.5, 0.6) is 5.75 Å². The first kappa shape index (κ1) is 15.8. The molecule has 0 aromatic heterocycles. The van der Waals surface area contributed by atoms with Gasteiger partial charge in [-0.1, -0.05) is 12.1 Å². The van der Waals surface area contributed by atoms with E-state index in [-0.39, 0.29) is 5.91 Å². The third kappa shape index (κ3) is 4.46. The molecule has 1 saturated heterocycles. The number of amides is 1. The first-order chi connectivity index (χ1) is 10.2. The van der Waals surface area contributed by atoms with Crippen LogP contribution in [0.4, 0.5) is 0 Å². The summed E-state index contributed by atoms with van der Waals surface area (Å²) in [6.45, 7) is 4.47. The number of nitrogens with one attached hydrogen (secondary N) is 1. The van der Waals surface area contributed by atoms with Crippen molar-refractivity contribution in [2.24, 2.45) is 0 Å². The lowest BCUT2D eigenvalue weighted by molar-refractivity contribution is -0.131. The summed E-state index contributed by atoms with van der Waals surface area (Å²) in [6, 6.07) is 8.43. The van der Waals surface area contributed by atoms with Crippen LogP contribution in [-0.4, -0.2) is 43.6 Å². The van der Waals surface area contributed by atoms with Crippen LogP contribution in [-0.2, 0) is 11.2 Å². The highest BCUT2D eigenvalue weighted by Crippen LogP contribution is 2.19. The van der Waals surface area contributed by atoms with Gasteiger partial charge in [-0.25, -0.2) is 0 Å². The Hall–Kier alpha value is -1.55. The van der Waals surface area contributed by atoms with Crippen molar-refractivity contribution in [1.29, 1.82) is 0 Å². The maximum atomic E-state index is 12.3. The average molecular weight is 290 g/mol. The van der Waals surface area contributed by atoms with Crippen LogP contribution in [0.25, 0.3) is 0 Å². The third-order valence-electron chi connectivity index (χ3n) is 4.00. The Labute approximate surface area is 127 Å². The second-order valence-electron chi connectivity index (χ2n) is 5.52. The molecule has 1 fully saturated rings. The molecule has 1 N–H and O–H groups in total. The minimum Gasteiger partial charge on any atom is -0.494 e. The maximum absolute atomic E-state index is 12.3. The molecule has 1 atom stereocenters. The second kappa shape index (κ2) is 8.03. The molecule has 116 valence electrons. The molecule has 21 heavy (non-hydrogen) atoms. The fourth-order valence-corrected chi connectivity index (χ4v) is 2.93. The van der Waals surface area contributed by atoms with Crippen LogP contribution in [0.3, 0.4) is 0 Å². The Morgan fingerprint density at radius 3 is 2.81 bits per heavy atom. The molecule has 0 radical (unpaired) electrons. The highest BCUT2D eigenvalue weighted by molar-refractivity contribution is 5.77. The van der Waals surface area contributed by atoms with E-state index >= 15 is 0 Å². The fourth-order valence-electron chi connectivity index (χ4n) is 2.93. The summed E-state index contributed by atoms with van der Waals surface area (Å²) < 4.78 is 5.43. The summed E-state index contributed by atoms with van der Waals surface area (Å²) >= 11 is 0. The van der Waals surface area contributed by atoms with Gasteiger partial charge in [0.15, 0.2) is 0 Å². The van der Waals surface area contributed by atoms with E-state index in [1.165, 1.54) is 5.56 Å². The molecule has 0 saturated carbocycles. The number of nitrogens with zero attached hydrogens (tertiary/aromatic N) is 1. The average Bonchev–Trinajstić information content (AvgIpc) is 2.95. The highest BCUT2D eigenvalue weighted by atomic mass is 16.5. The number of benzene rings is 1. The predicted molar refractivity (Wildman–Crippen MR) is 84.6 cm³/mol. The van der Waals surface area contributed by atoms with E-state index < -0.39 is 0 Å². The molecule has 0 bridgehead atoms. The van der Waals surface area contributed by atoms with Gasteiger partial charge in [0, 0.05) is 25.6 Å². The minimum absolute atomic E-state index is 0.279. The fraction of sp³-hybridized carbons (Fsp3) is 0.588. The summed E-state index contributed by atoms with van der Waals surface area (Å²) in [6.07, 6.45) is 3.64. The lowest BCUT2D eigenvalue weighted by Gasteiger charge is -2.24. The molecular formula is C17H26N2O2. The van der Waals surface area contributed by atoms with Crippen LogP contribution < -0.4 is 10.1 Å². The van der Waals surface area contributed by atoms with Crippen LogP contribution in [0.1, 0.15) is 31.7 Å². The monoisotopic (exact) mass is 290 g/mol. The zero-order valence-corrected chi connectivity index (χ0v) is 13.1. The Bertz CT molecular complexity index is 445. The number of carbonyl (C=O) groups excluding carboxylic acids is 1. The van der Waals surface area contributed by atoms with E-state index in [2.05, 4.69) is 5.32 Å². The maximum Gasteiger partial charge on any atom is 0.223 e. The van der Waals surface area contributed by atoms with Crippen molar-refractivity contribution >= 4 is 5.91 Å². The molecule has 1 aliphatic rings. The standard InChI is InChI=1S/C17H26N2O2/c1-3-21-16-9-6-14(7-10-16)8-11-17(20)19-12-4-5-15(19)13-18-2/h6-7,9-10,15,18H,3-5,8,11-13H2,1-2H3. The van der Waals surface area contributed by atoms with E-state index in [1.807, 2.05) is 43.1 Å². The second-order valence-corrected chi connectivity index (χ2v) is 5.52. The molecule has 4 nitrogen and oxygen atoms in total. The molecule has 1 aromatic carbocycles. The van der Waals surface area contributed by atoms with Crippen LogP contribution in [0.2, 0.25) is 0 Å². The zero-order chi connectivity index (χ0) is 15.1. The van der Waals surface area contributed by atoms with E-state index in [1.54, 1.807) is 0 Å². The van der Waals surface area contributed by atoms with Gasteiger partial charge in [-0.15, -0.1) is 0 Å². The van der Waals surface area contributed by atoms with Gasteiger partial charge in [0.2, 0.25) is 5.91 Å². The van der Waals surface area contributed by atoms with Gasteiger partial charge < -0.3 is 15.0 Å². The Balaban J connectivity index is 1.83. The van der Waals surface area contributed by atoms with Crippen molar-refractivity contribution < 1.29 is 9.53 Å². The minimum atomic E-state index is 0.279. The van der Waals surface area contributed by atoms with E-state index in [4.69, 9.17) is 4.74 Å². The normalized spacial score (nSPS) is 18.0. The number of carbonyl (C=O) groups is 1. The Morgan fingerprint density at radius 2 is 2.14 bits per heavy atom. The van der Waals surface area contributed by atoms with Crippen LogP contribution >= 0.6 is 0 Å². The van der Waals surface area contributed by atoms with Gasteiger partial charge in [-0.2, -0.15) is 0 Å². The van der Waals surface area contributed by atoms with Crippen molar-refractivity contribution in [3.05, 3.63) is 29.8 Å². The number of aryl methyl sites for hydroxylation is 1. The van der Waals surface area contributed by atoms with Crippen molar-refractivity contribution in [3.63, 3.8) is 0 Å². The van der Waals surface area contributed by atoms with Crippen molar-refractivity contribution in [1.82, 2.24) is 10.2 Å². The summed E-state index contributed by atoms with van der Waals surface area (Å²) in [4.78, 5) is 14.4. The largest absolute Gasteiger partial charge is 0.494 e. The van der Waals surface area contributed by atoms with E-state index in [0.29, 0.717) is 19.1 Å². The Kier molecular flexibility index (Phi) is 6.05. The molecular weight excluding hydrogens is 264 g/mol. The molecule has 1 heterocycles. The molecule has 1 amide bonds. The summed E-state index contributed by atoms with van der Waals surface area (Å²) in [5.74, 6) is 1.17. The van der Waals surface area contributed by atoms with Gasteiger partial charge in [0.1, 0.15) is 5.75 Å². The number of hydrogen-bond donors (Lipinski definition) is 1. The van der Waals surface area contributed by atoms with E-state index in [0.717, 1.165) is 38.1 Å². The molecule has 1 aromatic rings. The SMILES string of the molecule is CCOc1ccc(CCC(=O)N2CCCC2CNC)cc1. The smallest absolute Gasteiger partial charge is 0.223 e. The third-order valence-corrected chi connectivity index (χ3v) is 4.00. The van der Waals surface area contributed by atoms with Gasteiger partial charge in [0.25, 0.3) is 0 Å². The summed E-state index contributed by atoms with van der Waals surface area (Å²) in [7, 11) is 1.95. The lowest BCUT2D eigenvalue weighted by atomic mass is 10.1. The predicted octanol–water partition coefficient (Wildman–Crippen LogP) is 2.23. The van der Waals surface area contributed by atoms with Crippen molar-refractivity contribution in [2.45, 2.75) is 38.6 Å². The molecule has 0 aliphatic carbocycles. The summed E-state index contributed by atoms with van der Waals surface area (Å²) in [5, 5.41) is 3.18. The number of rotatable bonds is 7. The molecule has 1 unspecified atom stereocenters. The lowest BCUT2D eigenvalue weighted by Crippen LogP contribution is -2.40. The highest BCUT2D eigenvalue weighted by Gasteiger charge is 2.27. The molecule has 4 heteroatoms. The topological polar surface area (TPSA) is 41.6 Å². The van der Waals surface area contributed by atoms with Crippen LogP contribution in [0, 0.1) is 0 Å². The van der Waals surface area contributed by atoms with Crippen LogP contribution in [0.15, 0.2) is 24.3 Å². The number of likely N-dealkylation sites (tertiary alicyclic amines) is 1. The van der Waals surface area contributed by atoms with Crippen molar-refractivity contribution in [3.8, 4) is 5.75 Å². The van der Waals surface area contributed by atoms with Gasteiger partial charge >= 0.3 is 0 Å². The quantitative estimate of drug-likeness (QED) is 0.837.